The third-order valence-corrected chi connectivity index (χ3v) is 12.3. The number of aromatic nitrogens is 4. The molecule has 0 spiro atoms. The number of benzene rings is 1. The van der Waals surface area contributed by atoms with Gasteiger partial charge in [-0.3, -0.25) is 4.79 Å². The summed E-state index contributed by atoms with van der Waals surface area (Å²) in [6.45, 7) is 10.9. The van der Waals surface area contributed by atoms with Gasteiger partial charge in [-0.1, -0.05) is 48.4 Å². The van der Waals surface area contributed by atoms with E-state index < -0.39 is 38.1 Å². The molecule has 2 fully saturated rings. The Morgan fingerprint density at radius 1 is 0.968 bits per heavy atom. The van der Waals surface area contributed by atoms with Crippen LogP contribution in [0.1, 0.15) is 102 Å². The van der Waals surface area contributed by atoms with E-state index in [-0.39, 0.29) is 84.5 Å². The Balaban J connectivity index is 1.06. The molecular formula is C43H53ClF3N7O7S. The van der Waals surface area contributed by atoms with Gasteiger partial charge in [0.15, 0.2) is 10.8 Å². The Labute approximate surface area is 364 Å². The van der Waals surface area contributed by atoms with Crippen LogP contribution < -0.4 is 19.5 Å². The maximum Gasteiger partial charge on any atom is 0.410 e. The van der Waals surface area contributed by atoms with Crippen LogP contribution in [0.2, 0.25) is 5.15 Å². The first-order valence-corrected chi connectivity index (χ1v) is 22.4. The Morgan fingerprint density at radius 3 is 2.39 bits per heavy atom. The summed E-state index contributed by atoms with van der Waals surface area (Å²) in [5.74, 6) is 0.00541. The zero-order chi connectivity index (χ0) is 44.9. The van der Waals surface area contributed by atoms with Crippen LogP contribution in [0.3, 0.4) is 0 Å². The number of sulfonamides is 1. The number of likely N-dealkylation sites (tertiary alicyclic amines) is 1. The summed E-state index contributed by atoms with van der Waals surface area (Å²) in [7, 11) is -4.57. The predicted molar refractivity (Wildman–Crippen MR) is 226 cm³/mol. The minimum Gasteiger partial charge on any atom is -0.489 e. The van der Waals surface area contributed by atoms with Crippen molar-refractivity contribution in [3.05, 3.63) is 83.1 Å². The fraction of sp³-hybridized carbons (Fsp3) is 0.512. The highest BCUT2D eigenvalue weighted by Crippen LogP contribution is 2.60. The number of ether oxygens (including phenoxy) is 3. The number of carbonyl (C=O) groups is 2. The summed E-state index contributed by atoms with van der Waals surface area (Å²) in [6, 6.07) is 16.3. The molecule has 2 aliphatic rings. The summed E-state index contributed by atoms with van der Waals surface area (Å²) in [6.07, 6.45) is 0.734. The summed E-state index contributed by atoms with van der Waals surface area (Å²) in [5, 5.41) is 6.64. The van der Waals surface area contributed by atoms with Gasteiger partial charge in [-0.25, -0.2) is 24.2 Å². The van der Waals surface area contributed by atoms with E-state index in [0.29, 0.717) is 19.0 Å². The van der Waals surface area contributed by atoms with Crippen molar-refractivity contribution < 1.29 is 45.4 Å². The number of carbonyl (C=O) groups excluding carboxylic acids is 2. The Morgan fingerprint density at radius 2 is 1.71 bits per heavy atom. The van der Waals surface area contributed by atoms with Gasteiger partial charge >= 0.3 is 12.3 Å². The van der Waals surface area contributed by atoms with Crippen molar-refractivity contribution in [3.8, 4) is 17.4 Å². The largest absolute Gasteiger partial charge is 0.489 e. The van der Waals surface area contributed by atoms with E-state index in [1.165, 1.54) is 35.1 Å². The van der Waals surface area contributed by atoms with E-state index in [4.69, 9.17) is 25.8 Å². The average Bonchev–Trinajstić information content (AvgIpc) is 3.74. The molecule has 19 heteroatoms. The molecule has 0 bridgehead atoms. The second-order valence-corrected chi connectivity index (χ2v) is 19.5. The Kier molecular flexibility index (Phi) is 14.0. The van der Waals surface area contributed by atoms with Crippen molar-refractivity contribution in [3.63, 3.8) is 0 Å². The van der Waals surface area contributed by atoms with Crippen molar-refractivity contribution >= 4 is 39.4 Å². The second kappa shape index (κ2) is 18.7. The molecule has 2 amide bonds. The first-order chi connectivity index (χ1) is 29.1. The molecule has 1 aliphatic heterocycles. The van der Waals surface area contributed by atoms with Crippen molar-refractivity contribution in [1.82, 2.24) is 29.4 Å². The van der Waals surface area contributed by atoms with E-state index in [0.717, 1.165) is 31.2 Å². The summed E-state index contributed by atoms with van der Waals surface area (Å²) in [5.41, 5.74) is -1.90. The molecule has 0 radical (unpaired) electrons. The van der Waals surface area contributed by atoms with Gasteiger partial charge in [0.2, 0.25) is 5.88 Å². The smallest absolute Gasteiger partial charge is 0.410 e. The molecule has 1 saturated carbocycles. The molecule has 1 aliphatic carbocycles. The van der Waals surface area contributed by atoms with Crippen molar-refractivity contribution in [2.24, 2.45) is 11.3 Å². The van der Waals surface area contributed by atoms with Gasteiger partial charge in [0.05, 0.1) is 17.6 Å². The first kappa shape index (κ1) is 46.4. The molecular weight excluding hydrogens is 851 g/mol. The monoisotopic (exact) mass is 903 g/mol. The molecule has 4 aromatic rings. The molecule has 4 heterocycles. The topological polar surface area (TPSA) is 167 Å². The zero-order valence-electron chi connectivity index (χ0n) is 35.4. The number of nitrogens with zero attached hydrogens (tertiary/aromatic N) is 5. The Bertz CT molecular complexity index is 2320. The summed E-state index contributed by atoms with van der Waals surface area (Å²) >= 11 is 6.38. The normalized spacial score (nSPS) is 17.0. The van der Waals surface area contributed by atoms with Gasteiger partial charge in [0.1, 0.15) is 28.9 Å². The van der Waals surface area contributed by atoms with E-state index >= 15 is 0 Å². The van der Waals surface area contributed by atoms with Crippen LogP contribution >= 0.6 is 11.6 Å². The SMILES string of the molecule is CC(C)(C)OC(=O)N1C[C@@H](CCCCNc2cc(OCc3ccccc3)cc(S(=O)(=O)NC(=O)c3ccc(-n4ccc(OCCCC5(C(F)(F)F)CC5)n4)nc3Cl)n2)CC1(C)C. The van der Waals surface area contributed by atoms with Gasteiger partial charge in [-0.15, -0.1) is 5.10 Å². The fourth-order valence-electron chi connectivity index (χ4n) is 7.40. The molecule has 2 N–H and O–H groups in total. The van der Waals surface area contributed by atoms with Crippen LogP contribution in [0.4, 0.5) is 23.8 Å². The molecule has 3 aromatic heterocycles. The van der Waals surface area contributed by atoms with Gasteiger partial charge in [0.25, 0.3) is 15.9 Å². The van der Waals surface area contributed by atoms with Crippen molar-refractivity contribution in [2.45, 2.75) is 115 Å². The lowest BCUT2D eigenvalue weighted by atomic mass is 9.93. The molecule has 0 unspecified atom stereocenters. The molecule has 1 saturated heterocycles. The lowest BCUT2D eigenvalue weighted by molar-refractivity contribution is -0.189. The van der Waals surface area contributed by atoms with Crippen LogP contribution in [0.25, 0.3) is 5.82 Å². The third-order valence-electron chi connectivity index (χ3n) is 10.8. The molecule has 1 atom stereocenters. The maximum absolute atomic E-state index is 13.7. The number of nitrogens with one attached hydrogen (secondary N) is 2. The highest BCUT2D eigenvalue weighted by atomic mass is 35.5. The Hall–Kier alpha value is -5.10. The van der Waals surface area contributed by atoms with Crippen LogP contribution in [0, 0.1) is 11.3 Å². The number of halogens is 4. The van der Waals surface area contributed by atoms with Crippen LogP contribution in [-0.2, 0) is 21.4 Å². The highest BCUT2D eigenvalue weighted by molar-refractivity contribution is 7.90. The molecule has 62 heavy (non-hydrogen) atoms. The predicted octanol–water partition coefficient (Wildman–Crippen LogP) is 9.13. The lowest BCUT2D eigenvalue weighted by Crippen LogP contribution is -2.45. The molecule has 336 valence electrons. The molecule has 14 nitrogen and oxygen atoms in total. The van der Waals surface area contributed by atoms with Gasteiger partial charge in [-0.2, -0.15) is 21.6 Å². The minimum atomic E-state index is -4.57. The van der Waals surface area contributed by atoms with Crippen molar-refractivity contribution in [1.29, 1.82) is 0 Å². The number of alkyl halides is 3. The van der Waals surface area contributed by atoms with E-state index in [2.05, 4.69) is 20.4 Å². The van der Waals surface area contributed by atoms with Gasteiger partial charge in [0, 0.05) is 43.0 Å². The number of amides is 2. The van der Waals surface area contributed by atoms with E-state index in [1.54, 1.807) is 6.07 Å². The van der Waals surface area contributed by atoms with Crippen LogP contribution in [0.15, 0.2) is 71.9 Å². The number of pyridine rings is 2. The minimum absolute atomic E-state index is 0.0183. The number of unbranched alkanes of at least 4 members (excludes halogenated alkanes) is 1. The second-order valence-electron chi connectivity index (χ2n) is 17.5. The van der Waals surface area contributed by atoms with Crippen molar-refractivity contribution in [2.75, 3.05) is 25.0 Å². The van der Waals surface area contributed by atoms with Crippen LogP contribution in [-0.4, -0.2) is 82.1 Å². The molecule has 1 aromatic carbocycles. The highest BCUT2D eigenvalue weighted by Gasteiger charge is 2.62. The first-order valence-electron chi connectivity index (χ1n) is 20.6. The standard InChI is InChI=1S/C43H53ClF3N7O7S/c1-40(2,3)61-39(56)53-27-30(26-41(53,4)5)14-9-10-21-48-33-24-31(60-28-29-12-7-6-8-13-29)25-36(49-33)62(57,58)52-38(55)32-15-16-34(50-37(32)44)54-22-17-35(51-54)59-23-11-18-42(19-20-42)43(45,46)47/h6-8,12-13,15-17,22,24-25,30H,9-11,14,18-21,23,26-28H2,1-5H3,(H,48,49)(H,52,55)/t30-/m0/s1. The molecule has 6 rings (SSSR count). The number of anilines is 1. The van der Waals surface area contributed by atoms with E-state index in [9.17, 15) is 31.2 Å². The summed E-state index contributed by atoms with van der Waals surface area (Å²) in [4.78, 5) is 36.5. The maximum atomic E-state index is 13.7. The van der Waals surface area contributed by atoms with E-state index in [1.807, 2.05) is 74.6 Å². The third kappa shape index (κ3) is 12.1. The van der Waals surface area contributed by atoms with Gasteiger partial charge < -0.3 is 24.4 Å². The number of hydrogen-bond acceptors (Lipinski definition) is 11. The quantitative estimate of drug-likeness (QED) is 0.0722. The zero-order valence-corrected chi connectivity index (χ0v) is 37.0. The van der Waals surface area contributed by atoms with Crippen LogP contribution in [0.5, 0.6) is 11.6 Å². The average molecular weight is 904 g/mol. The fourth-order valence-corrected chi connectivity index (χ4v) is 8.59. The number of hydrogen-bond donors (Lipinski definition) is 2. The number of rotatable bonds is 18. The summed E-state index contributed by atoms with van der Waals surface area (Å²) < 4.78 is 87.5. The van der Waals surface area contributed by atoms with Gasteiger partial charge in [-0.05, 0) is 103 Å². The lowest BCUT2D eigenvalue weighted by Gasteiger charge is -2.33.